The molecule has 8 heteroatoms. The average molecular weight is 513 g/mol. The monoisotopic (exact) mass is 513 g/mol. The molecular formula is C21H32IN5O2. The zero-order chi connectivity index (χ0) is 19.9. The number of carbonyl (C=O) groups excluding carboxylic acids is 1. The summed E-state index contributed by atoms with van der Waals surface area (Å²) in [5.41, 5.74) is 3.73. The molecule has 2 aromatic rings. The minimum absolute atomic E-state index is 0. The van der Waals surface area contributed by atoms with Crippen LogP contribution < -0.4 is 5.32 Å². The van der Waals surface area contributed by atoms with Crippen molar-refractivity contribution in [1.29, 1.82) is 0 Å². The van der Waals surface area contributed by atoms with Crippen molar-refractivity contribution in [3.8, 4) is 0 Å². The lowest BCUT2D eigenvalue weighted by atomic mass is 10.1. The normalized spacial score (nSPS) is 14.7. The predicted octanol–water partition coefficient (Wildman–Crippen LogP) is 3.38. The van der Waals surface area contributed by atoms with E-state index in [9.17, 15) is 4.79 Å². The standard InChI is InChI=1S/C21H31N5O2.HI/c1-4-22-20(25-12-14-26(15-13-25)21(27)28-5-2)23-11-10-17-16(3)24-19-9-7-6-8-18(17)19;/h6-9,24H,4-5,10-15H2,1-3H3,(H,22,23);1H. The van der Waals surface area contributed by atoms with Gasteiger partial charge in [0.15, 0.2) is 5.96 Å². The molecule has 7 nitrogen and oxygen atoms in total. The van der Waals surface area contributed by atoms with Crippen LogP contribution in [-0.4, -0.2) is 72.7 Å². The van der Waals surface area contributed by atoms with E-state index >= 15 is 0 Å². The number of para-hydroxylation sites is 1. The van der Waals surface area contributed by atoms with Crippen molar-refractivity contribution in [3.63, 3.8) is 0 Å². The van der Waals surface area contributed by atoms with E-state index < -0.39 is 0 Å². The smallest absolute Gasteiger partial charge is 0.409 e. The number of benzene rings is 1. The number of nitrogens with zero attached hydrogens (tertiary/aromatic N) is 3. The summed E-state index contributed by atoms with van der Waals surface area (Å²) in [6, 6.07) is 8.41. The van der Waals surface area contributed by atoms with Gasteiger partial charge in [-0.15, -0.1) is 24.0 Å². The number of amides is 1. The number of H-pyrrole nitrogens is 1. The number of carbonyl (C=O) groups is 1. The molecule has 1 aliphatic rings. The number of guanidine groups is 1. The first-order valence-corrected chi connectivity index (χ1v) is 10.1. The number of fused-ring (bicyclic) bond motifs is 1. The van der Waals surface area contributed by atoms with Crippen molar-refractivity contribution in [2.45, 2.75) is 27.2 Å². The summed E-state index contributed by atoms with van der Waals surface area (Å²) in [7, 11) is 0. The maximum absolute atomic E-state index is 11.9. The van der Waals surface area contributed by atoms with Crippen LogP contribution >= 0.6 is 24.0 Å². The highest BCUT2D eigenvalue weighted by atomic mass is 127. The quantitative estimate of drug-likeness (QED) is 0.366. The molecule has 0 bridgehead atoms. The number of aromatic amines is 1. The molecule has 29 heavy (non-hydrogen) atoms. The van der Waals surface area contributed by atoms with E-state index in [0.29, 0.717) is 19.7 Å². The number of halogens is 1. The molecule has 0 spiro atoms. The van der Waals surface area contributed by atoms with Gasteiger partial charge < -0.3 is 24.8 Å². The van der Waals surface area contributed by atoms with Gasteiger partial charge in [-0.3, -0.25) is 4.99 Å². The number of ether oxygens (including phenoxy) is 1. The zero-order valence-corrected chi connectivity index (χ0v) is 19.9. The third kappa shape index (κ3) is 5.77. The maximum atomic E-state index is 11.9. The van der Waals surface area contributed by atoms with E-state index in [1.165, 1.54) is 22.2 Å². The Morgan fingerprint density at radius 2 is 1.86 bits per heavy atom. The molecule has 0 radical (unpaired) electrons. The molecule has 0 saturated carbocycles. The summed E-state index contributed by atoms with van der Waals surface area (Å²) in [5, 5.41) is 4.67. The average Bonchev–Trinajstić information content (AvgIpc) is 3.03. The van der Waals surface area contributed by atoms with Crippen molar-refractivity contribution in [3.05, 3.63) is 35.5 Å². The first kappa shape index (κ1) is 23.3. The van der Waals surface area contributed by atoms with Crippen LogP contribution in [0.3, 0.4) is 0 Å². The van der Waals surface area contributed by atoms with Crippen LogP contribution in [0.5, 0.6) is 0 Å². The molecule has 1 saturated heterocycles. The molecule has 0 unspecified atom stereocenters. The van der Waals surface area contributed by atoms with E-state index in [2.05, 4.69) is 53.3 Å². The second-order valence-electron chi connectivity index (χ2n) is 6.93. The van der Waals surface area contributed by atoms with Gasteiger partial charge >= 0.3 is 6.09 Å². The summed E-state index contributed by atoms with van der Waals surface area (Å²) < 4.78 is 5.10. The second kappa shape index (κ2) is 11.3. The topological polar surface area (TPSA) is 73.0 Å². The van der Waals surface area contributed by atoms with Crippen LogP contribution in [0, 0.1) is 6.92 Å². The van der Waals surface area contributed by atoms with E-state index in [4.69, 9.17) is 9.73 Å². The molecule has 2 heterocycles. The number of aryl methyl sites for hydroxylation is 1. The zero-order valence-electron chi connectivity index (χ0n) is 17.5. The predicted molar refractivity (Wildman–Crippen MR) is 128 cm³/mol. The third-order valence-electron chi connectivity index (χ3n) is 5.09. The first-order chi connectivity index (χ1) is 13.6. The van der Waals surface area contributed by atoms with Crippen molar-refractivity contribution < 1.29 is 9.53 Å². The van der Waals surface area contributed by atoms with Gasteiger partial charge in [-0.25, -0.2) is 4.79 Å². The summed E-state index contributed by atoms with van der Waals surface area (Å²) in [6.07, 6.45) is 0.673. The van der Waals surface area contributed by atoms with E-state index in [1.54, 1.807) is 4.90 Å². The van der Waals surface area contributed by atoms with Gasteiger partial charge in [-0.1, -0.05) is 18.2 Å². The van der Waals surface area contributed by atoms with Crippen LogP contribution in [0.1, 0.15) is 25.1 Å². The van der Waals surface area contributed by atoms with Gasteiger partial charge in [0.25, 0.3) is 0 Å². The molecule has 1 aromatic carbocycles. The van der Waals surface area contributed by atoms with Gasteiger partial charge in [-0.05, 0) is 38.8 Å². The Morgan fingerprint density at radius 3 is 2.55 bits per heavy atom. The molecule has 1 fully saturated rings. The van der Waals surface area contributed by atoms with Gasteiger partial charge in [0, 0.05) is 55.9 Å². The molecule has 0 atom stereocenters. The molecule has 0 aliphatic carbocycles. The Kier molecular flexibility index (Phi) is 9.06. The SMILES string of the molecule is CCNC(=NCCc1c(C)[nH]c2ccccc12)N1CCN(C(=O)OCC)CC1.I. The lowest BCUT2D eigenvalue weighted by molar-refractivity contribution is 0.0914. The van der Waals surface area contributed by atoms with Crippen molar-refractivity contribution in [2.75, 3.05) is 45.9 Å². The molecule has 3 rings (SSSR count). The molecule has 1 aliphatic heterocycles. The summed E-state index contributed by atoms with van der Waals surface area (Å²) in [4.78, 5) is 24.2. The largest absolute Gasteiger partial charge is 0.450 e. The molecule has 1 aromatic heterocycles. The van der Waals surface area contributed by atoms with Crippen LogP contribution in [0.15, 0.2) is 29.3 Å². The Hall–Kier alpha value is -1.97. The Labute approximate surface area is 189 Å². The number of rotatable bonds is 5. The molecular weight excluding hydrogens is 481 g/mol. The lowest BCUT2D eigenvalue weighted by Gasteiger charge is -2.35. The summed E-state index contributed by atoms with van der Waals surface area (Å²) in [5.74, 6) is 0.920. The van der Waals surface area contributed by atoms with Crippen LogP contribution in [0.25, 0.3) is 10.9 Å². The van der Waals surface area contributed by atoms with Crippen molar-refractivity contribution >= 4 is 46.9 Å². The highest BCUT2D eigenvalue weighted by Gasteiger charge is 2.23. The third-order valence-corrected chi connectivity index (χ3v) is 5.09. The first-order valence-electron chi connectivity index (χ1n) is 10.1. The van der Waals surface area contributed by atoms with Gasteiger partial charge in [0.05, 0.1) is 6.61 Å². The van der Waals surface area contributed by atoms with E-state index in [-0.39, 0.29) is 30.1 Å². The highest BCUT2D eigenvalue weighted by molar-refractivity contribution is 14.0. The Balaban J connectivity index is 0.00000300. The van der Waals surface area contributed by atoms with E-state index in [1.807, 2.05) is 6.92 Å². The molecule has 160 valence electrons. The fourth-order valence-electron chi connectivity index (χ4n) is 3.67. The number of hydrogen-bond acceptors (Lipinski definition) is 3. The Morgan fingerprint density at radius 1 is 1.17 bits per heavy atom. The minimum atomic E-state index is -0.223. The molecule has 1 amide bonds. The van der Waals surface area contributed by atoms with Gasteiger partial charge in [-0.2, -0.15) is 0 Å². The van der Waals surface area contributed by atoms with Crippen LogP contribution in [-0.2, 0) is 11.2 Å². The minimum Gasteiger partial charge on any atom is -0.450 e. The van der Waals surface area contributed by atoms with Crippen molar-refractivity contribution in [1.82, 2.24) is 20.1 Å². The van der Waals surface area contributed by atoms with Crippen molar-refractivity contribution in [2.24, 2.45) is 4.99 Å². The maximum Gasteiger partial charge on any atom is 0.409 e. The number of aliphatic imine (C=N–C) groups is 1. The number of piperazine rings is 1. The lowest BCUT2D eigenvalue weighted by Crippen LogP contribution is -2.54. The molecule has 2 N–H and O–H groups in total. The van der Waals surface area contributed by atoms with Gasteiger partial charge in [0.1, 0.15) is 0 Å². The summed E-state index contributed by atoms with van der Waals surface area (Å²) >= 11 is 0. The van der Waals surface area contributed by atoms with E-state index in [0.717, 1.165) is 38.6 Å². The van der Waals surface area contributed by atoms with Crippen LogP contribution in [0.4, 0.5) is 4.79 Å². The van der Waals surface area contributed by atoms with Gasteiger partial charge in [0.2, 0.25) is 0 Å². The second-order valence-corrected chi connectivity index (χ2v) is 6.93. The number of aromatic nitrogens is 1. The fourth-order valence-corrected chi connectivity index (χ4v) is 3.67. The Bertz CT molecular complexity index is 828. The highest BCUT2D eigenvalue weighted by Crippen LogP contribution is 2.22. The summed E-state index contributed by atoms with van der Waals surface area (Å²) in [6.45, 7) is 10.8. The number of hydrogen-bond donors (Lipinski definition) is 2. The fraction of sp³-hybridized carbons (Fsp3) is 0.524. The van der Waals surface area contributed by atoms with Crippen LogP contribution in [0.2, 0.25) is 0 Å². The number of nitrogens with one attached hydrogen (secondary N) is 2.